The Balaban J connectivity index is 2.18. The van der Waals surface area contributed by atoms with Crippen LogP contribution in [-0.2, 0) is 0 Å². The van der Waals surface area contributed by atoms with Crippen molar-refractivity contribution in [1.82, 2.24) is 5.32 Å². The Labute approximate surface area is 83.3 Å². The SMILES string of the molecule is CCCCC(NCCC)C1CC1C. The van der Waals surface area contributed by atoms with Crippen LogP contribution in [-0.4, -0.2) is 12.6 Å². The van der Waals surface area contributed by atoms with Crippen LogP contribution in [0.3, 0.4) is 0 Å². The Bertz CT molecular complexity index is 125. The van der Waals surface area contributed by atoms with Crippen LogP contribution >= 0.6 is 0 Å². The molecule has 0 spiro atoms. The van der Waals surface area contributed by atoms with E-state index in [4.69, 9.17) is 0 Å². The zero-order valence-corrected chi connectivity index (χ0v) is 9.47. The van der Waals surface area contributed by atoms with Gasteiger partial charge in [-0.3, -0.25) is 0 Å². The van der Waals surface area contributed by atoms with Crippen LogP contribution in [0.1, 0.15) is 52.9 Å². The van der Waals surface area contributed by atoms with E-state index in [9.17, 15) is 0 Å². The lowest BCUT2D eigenvalue weighted by atomic mass is 10.0. The number of nitrogens with one attached hydrogen (secondary N) is 1. The minimum absolute atomic E-state index is 0.829. The molecule has 3 atom stereocenters. The maximum atomic E-state index is 3.70. The molecule has 13 heavy (non-hydrogen) atoms. The van der Waals surface area contributed by atoms with Crippen molar-refractivity contribution >= 4 is 0 Å². The molecule has 1 N–H and O–H groups in total. The van der Waals surface area contributed by atoms with Gasteiger partial charge >= 0.3 is 0 Å². The van der Waals surface area contributed by atoms with Gasteiger partial charge in [0.15, 0.2) is 0 Å². The summed E-state index contributed by atoms with van der Waals surface area (Å²) in [5, 5.41) is 3.70. The second kappa shape index (κ2) is 5.64. The number of hydrogen-bond donors (Lipinski definition) is 1. The average molecular weight is 183 g/mol. The Morgan fingerprint density at radius 1 is 1.31 bits per heavy atom. The summed E-state index contributed by atoms with van der Waals surface area (Å²) < 4.78 is 0. The van der Waals surface area contributed by atoms with Crippen LogP contribution in [0.4, 0.5) is 0 Å². The van der Waals surface area contributed by atoms with Gasteiger partial charge in [-0.05, 0) is 37.6 Å². The van der Waals surface area contributed by atoms with Gasteiger partial charge in [-0.25, -0.2) is 0 Å². The molecule has 1 aliphatic carbocycles. The lowest BCUT2D eigenvalue weighted by Crippen LogP contribution is -2.32. The predicted octanol–water partition coefficient (Wildman–Crippen LogP) is 3.20. The quantitative estimate of drug-likeness (QED) is 0.639. The van der Waals surface area contributed by atoms with Crippen molar-refractivity contribution in [2.75, 3.05) is 6.54 Å². The minimum atomic E-state index is 0.829. The number of hydrogen-bond acceptors (Lipinski definition) is 1. The van der Waals surface area contributed by atoms with Crippen LogP contribution in [0.5, 0.6) is 0 Å². The minimum Gasteiger partial charge on any atom is -0.314 e. The third-order valence-corrected chi connectivity index (χ3v) is 3.21. The number of rotatable bonds is 7. The third-order valence-electron chi connectivity index (χ3n) is 3.21. The first-order valence-electron chi connectivity index (χ1n) is 6.03. The zero-order valence-electron chi connectivity index (χ0n) is 9.47. The number of unbranched alkanes of at least 4 members (excludes halogenated alkanes) is 1. The van der Waals surface area contributed by atoms with Gasteiger partial charge < -0.3 is 5.32 Å². The van der Waals surface area contributed by atoms with Crippen LogP contribution in [0.25, 0.3) is 0 Å². The van der Waals surface area contributed by atoms with E-state index in [-0.39, 0.29) is 0 Å². The molecule has 1 rings (SSSR count). The largest absolute Gasteiger partial charge is 0.314 e. The van der Waals surface area contributed by atoms with Gasteiger partial charge in [-0.2, -0.15) is 0 Å². The van der Waals surface area contributed by atoms with Gasteiger partial charge in [0.2, 0.25) is 0 Å². The molecule has 0 heterocycles. The molecule has 1 nitrogen and oxygen atoms in total. The fourth-order valence-electron chi connectivity index (χ4n) is 2.13. The topological polar surface area (TPSA) is 12.0 Å². The summed E-state index contributed by atoms with van der Waals surface area (Å²) in [6, 6.07) is 0.829. The van der Waals surface area contributed by atoms with Gasteiger partial charge in [-0.1, -0.05) is 33.6 Å². The summed E-state index contributed by atoms with van der Waals surface area (Å²) in [6.45, 7) is 8.13. The lowest BCUT2D eigenvalue weighted by molar-refractivity contribution is 0.409. The van der Waals surface area contributed by atoms with Crippen molar-refractivity contribution in [2.24, 2.45) is 11.8 Å². The van der Waals surface area contributed by atoms with E-state index in [0.29, 0.717) is 0 Å². The van der Waals surface area contributed by atoms with E-state index in [1.165, 1.54) is 38.6 Å². The molecule has 0 aliphatic heterocycles. The fourth-order valence-corrected chi connectivity index (χ4v) is 2.13. The van der Waals surface area contributed by atoms with Gasteiger partial charge in [0.25, 0.3) is 0 Å². The summed E-state index contributed by atoms with van der Waals surface area (Å²) >= 11 is 0. The molecule has 78 valence electrons. The monoisotopic (exact) mass is 183 g/mol. The molecule has 1 saturated carbocycles. The van der Waals surface area contributed by atoms with Crippen molar-refractivity contribution in [3.8, 4) is 0 Å². The van der Waals surface area contributed by atoms with E-state index in [1.807, 2.05) is 0 Å². The highest BCUT2D eigenvalue weighted by molar-refractivity contribution is 4.92. The maximum absolute atomic E-state index is 3.70. The highest BCUT2D eigenvalue weighted by Gasteiger charge is 2.38. The van der Waals surface area contributed by atoms with E-state index in [0.717, 1.165) is 17.9 Å². The lowest BCUT2D eigenvalue weighted by Gasteiger charge is -2.17. The van der Waals surface area contributed by atoms with E-state index in [1.54, 1.807) is 0 Å². The molecule has 0 amide bonds. The highest BCUT2D eigenvalue weighted by Crippen LogP contribution is 2.41. The smallest absolute Gasteiger partial charge is 0.00979 e. The van der Waals surface area contributed by atoms with E-state index in [2.05, 4.69) is 26.1 Å². The summed E-state index contributed by atoms with van der Waals surface area (Å²) in [5.41, 5.74) is 0. The van der Waals surface area contributed by atoms with Crippen molar-refractivity contribution < 1.29 is 0 Å². The molecule has 0 aromatic rings. The normalized spacial score (nSPS) is 28.8. The predicted molar refractivity (Wildman–Crippen MR) is 58.9 cm³/mol. The fraction of sp³-hybridized carbons (Fsp3) is 1.00. The molecule has 0 radical (unpaired) electrons. The van der Waals surface area contributed by atoms with Gasteiger partial charge in [0, 0.05) is 6.04 Å². The Morgan fingerprint density at radius 3 is 2.46 bits per heavy atom. The van der Waals surface area contributed by atoms with E-state index < -0.39 is 0 Å². The van der Waals surface area contributed by atoms with Crippen LogP contribution in [0.15, 0.2) is 0 Å². The zero-order chi connectivity index (χ0) is 9.68. The Kier molecular flexibility index (Phi) is 4.79. The summed E-state index contributed by atoms with van der Waals surface area (Å²) in [5.74, 6) is 1.99. The molecule has 1 heteroatoms. The molecule has 0 bridgehead atoms. The average Bonchev–Trinajstić information content (AvgIpc) is 2.83. The molecule has 0 aromatic heterocycles. The molecular weight excluding hydrogens is 158 g/mol. The Morgan fingerprint density at radius 2 is 2.00 bits per heavy atom. The maximum Gasteiger partial charge on any atom is 0.00979 e. The van der Waals surface area contributed by atoms with Crippen molar-refractivity contribution in [1.29, 1.82) is 0 Å². The first-order chi connectivity index (χ1) is 6.29. The van der Waals surface area contributed by atoms with Crippen molar-refractivity contribution in [3.63, 3.8) is 0 Å². The standard InChI is InChI=1S/C12H25N/c1-4-6-7-12(13-8-5-2)11-9-10(11)3/h10-13H,4-9H2,1-3H3. The first kappa shape index (κ1) is 11.0. The summed E-state index contributed by atoms with van der Waals surface area (Å²) in [4.78, 5) is 0. The molecule has 3 unspecified atom stereocenters. The molecule has 1 fully saturated rings. The first-order valence-corrected chi connectivity index (χ1v) is 6.03. The van der Waals surface area contributed by atoms with Crippen LogP contribution in [0.2, 0.25) is 0 Å². The van der Waals surface area contributed by atoms with Crippen LogP contribution < -0.4 is 5.32 Å². The van der Waals surface area contributed by atoms with E-state index >= 15 is 0 Å². The Hall–Kier alpha value is -0.0400. The van der Waals surface area contributed by atoms with Crippen LogP contribution in [0, 0.1) is 11.8 Å². The molecule has 0 saturated heterocycles. The van der Waals surface area contributed by atoms with Crippen molar-refractivity contribution in [2.45, 2.75) is 58.9 Å². The second-order valence-electron chi connectivity index (χ2n) is 4.58. The third kappa shape index (κ3) is 3.68. The summed E-state index contributed by atoms with van der Waals surface area (Å²) in [7, 11) is 0. The molecule has 0 aromatic carbocycles. The highest BCUT2D eigenvalue weighted by atomic mass is 14.9. The van der Waals surface area contributed by atoms with Crippen molar-refractivity contribution in [3.05, 3.63) is 0 Å². The molecular formula is C12H25N. The second-order valence-corrected chi connectivity index (χ2v) is 4.58. The van der Waals surface area contributed by atoms with Gasteiger partial charge in [0.1, 0.15) is 0 Å². The van der Waals surface area contributed by atoms with Gasteiger partial charge in [0.05, 0.1) is 0 Å². The molecule has 1 aliphatic rings. The summed E-state index contributed by atoms with van der Waals surface area (Å²) in [6.07, 6.45) is 6.86. The van der Waals surface area contributed by atoms with Gasteiger partial charge in [-0.15, -0.1) is 0 Å².